The lowest BCUT2D eigenvalue weighted by atomic mass is 10.1. The number of anilines is 1. The highest BCUT2D eigenvalue weighted by molar-refractivity contribution is 7.82. The Morgan fingerprint density at radius 1 is 1.19 bits per heavy atom. The molecule has 2 atom stereocenters. The third-order valence-electron chi connectivity index (χ3n) is 5.02. The van der Waals surface area contributed by atoms with Crippen LogP contribution in [0.2, 0.25) is 0 Å². The number of nitrogens with zero attached hydrogens (tertiary/aromatic N) is 2. The normalized spacial score (nSPS) is 19.1. The van der Waals surface area contributed by atoms with Crippen LogP contribution in [0.1, 0.15) is 23.6 Å². The molecule has 0 radical (unpaired) electrons. The summed E-state index contributed by atoms with van der Waals surface area (Å²) in [6.07, 6.45) is -0.0472. The number of aryl methyl sites for hydroxylation is 2. The number of piperazine rings is 1. The molecule has 1 aliphatic heterocycles. The van der Waals surface area contributed by atoms with Crippen LogP contribution in [0.5, 0.6) is 0 Å². The van der Waals surface area contributed by atoms with Crippen LogP contribution in [0.15, 0.2) is 47.4 Å². The van der Waals surface area contributed by atoms with Gasteiger partial charge in [-0.15, -0.1) is 0 Å². The fourth-order valence-corrected chi connectivity index (χ4v) is 4.85. The minimum Gasteiger partial charge on any atom is -0.481 e. The predicted octanol–water partition coefficient (Wildman–Crippen LogP) is 3.16. The summed E-state index contributed by atoms with van der Waals surface area (Å²) in [4.78, 5) is 14.1. The number of aliphatic carboxylic acids is 1. The van der Waals surface area contributed by atoms with E-state index < -0.39 is 17.0 Å². The van der Waals surface area contributed by atoms with Crippen molar-refractivity contribution in [1.29, 1.82) is 0 Å². The first-order valence-electron chi connectivity index (χ1n) is 9.16. The summed E-state index contributed by atoms with van der Waals surface area (Å²) in [5, 5.41) is 9.07. The maximum absolute atomic E-state index is 13.1. The van der Waals surface area contributed by atoms with Crippen LogP contribution in [0.4, 0.5) is 5.69 Å². The molecule has 27 heavy (non-hydrogen) atoms. The lowest BCUT2D eigenvalue weighted by molar-refractivity contribution is -0.136. The van der Waals surface area contributed by atoms with Crippen LogP contribution < -0.4 is 4.90 Å². The Kier molecular flexibility index (Phi) is 5.97. The molecular formula is C21H26N2O3S. The average molecular weight is 387 g/mol. The van der Waals surface area contributed by atoms with E-state index in [1.165, 1.54) is 11.3 Å². The highest BCUT2D eigenvalue weighted by Crippen LogP contribution is 2.24. The Labute approximate surface area is 163 Å². The second-order valence-electron chi connectivity index (χ2n) is 7.18. The first kappa shape index (κ1) is 19.6. The molecule has 1 heterocycles. The Morgan fingerprint density at radius 3 is 2.63 bits per heavy atom. The summed E-state index contributed by atoms with van der Waals surface area (Å²) in [6.45, 7) is 8.33. The summed E-state index contributed by atoms with van der Waals surface area (Å²) in [7, 11) is -1.29. The molecule has 5 nitrogen and oxygen atoms in total. The molecule has 2 aromatic carbocycles. The molecule has 2 aromatic rings. The van der Waals surface area contributed by atoms with Crippen molar-refractivity contribution >= 4 is 22.6 Å². The molecule has 3 rings (SSSR count). The molecule has 1 fully saturated rings. The smallest absolute Gasteiger partial charge is 0.307 e. The molecule has 144 valence electrons. The Balaban J connectivity index is 1.73. The van der Waals surface area contributed by atoms with Crippen molar-refractivity contribution in [1.82, 2.24) is 4.31 Å². The van der Waals surface area contributed by atoms with E-state index in [0.29, 0.717) is 18.0 Å². The number of rotatable bonds is 5. The second-order valence-corrected chi connectivity index (χ2v) is 8.66. The van der Waals surface area contributed by atoms with E-state index in [0.717, 1.165) is 17.7 Å². The van der Waals surface area contributed by atoms with Crippen LogP contribution in [0.3, 0.4) is 0 Å². The quantitative estimate of drug-likeness (QED) is 0.857. The monoisotopic (exact) mass is 386 g/mol. The van der Waals surface area contributed by atoms with E-state index >= 15 is 0 Å². The summed E-state index contributed by atoms with van der Waals surface area (Å²) in [5.41, 5.74) is 4.07. The van der Waals surface area contributed by atoms with E-state index in [2.05, 4.69) is 43.0 Å². The molecule has 0 amide bonds. The van der Waals surface area contributed by atoms with Crippen molar-refractivity contribution in [2.24, 2.45) is 0 Å². The predicted molar refractivity (Wildman–Crippen MR) is 108 cm³/mol. The molecule has 1 aliphatic rings. The van der Waals surface area contributed by atoms with Gasteiger partial charge in [-0.25, -0.2) is 8.51 Å². The number of benzene rings is 2. The summed E-state index contributed by atoms with van der Waals surface area (Å²) in [6, 6.07) is 14.2. The number of hydrogen-bond acceptors (Lipinski definition) is 3. The summed E-state index contributed by atoms with van der Waals surface area (Å²) >= 11 is 0. The Bertz CT molecular complexity index is 868. The number of carboxylic acid groups (broad SMARTS) is 1. The van der Waals surface area contributed by atoms with E-state index in [1.54, 1.807) is 6.07 Å². The van der Waals surface area contributed by atoms with Crippen molar-refractivity contribution in [2.45, 2.75) is 38.1 Å². The molecule has 0 bridgehead atoms. The van der Waals surface area contributed by atoms with Gasteiger partial charge in [-0.2, -0.15) is 0 Å². The third kappa shape index (κ3) is 4.57. The third-order valence-corrected chi connectivity index (χ3v) is 6.48. The summed E-state index contributed by atoms with van der Waals surface area (Å²) < 4.78 is 15.0. The van der Waals surface area contributed by atoms with Gasteiger partial charge in [0.1, 0.15) is 11.0 Å². The van der Waals surface area contributed by atoms with Crippen molar-refractivity contribution in [3.05, 3.63) is 59.2 Å². The lowest BCUT2D eigenvalue weighted by Gasteiger charge is -2.40. The van der Waals surface area contributed by atoms with Gasteiger partial charge in [-0.3, -0.25) is 4.79 Å². The molecule has 1 saturated heterocycles. The Hall–Kier alpha value is -2.18. The zero-order chi connectivity index (χ0) is 19.6. The second kappa shape index (κ2) is 8.23. The van der Waals surface area contributed by atoms with Crippen molar-refractivity contribution < 1.29 is 14.1 Å². The standard InChI is InChI=1S/C21H26N2O3S/c1-15-5-4-6-19(11-15)23-10-9-22(14-17(23)3)27(26)20-8-7-16(2)18(12-20)13-21(24)25/h4-8,11-12,17H,9-10,13-14H2,1-3H3,(H,24,25). The molecule has 6 heteroatoms. The minimum absolute atomic E-state index is 0.0472. The largest absolute Gasteiger partial charge is 0.481 e. The first-order valence-corrected chi connectivity index (χ1v) is 10.3. The molecule has 0 saturated carbocycles. The van der Waals surface area contributed by atoms with E-state index in [1.807, 2.05) is 23.4 Å². The number of carboxylic acids is 1. The maximum atomic E-state index is 13.1. The van der Waals surface area contributed by atoms with Gasteiger partial charge in [0.05, 0.1) is 11.3 Å². The van der Waals surface area contributed by atoms with E-state index in [4.69, 9.17) is 5.11 Å². The fraction of sp³-hybridized carbons (Fsp3) is 0.381. The van der Waals surface area contributed by atoms with E-state index in [-0.39, 0.29) is 12.5 Å². The van der Waals surface area contributed by atoms with Gasteiger partial charge < -0.3 is 10.0 Å². The van der Waals surface area contributed by atoms with Crippen LogP contribution in [-0.2, 0) is 22.2 Å². The molecule has 0 aromatic heterocycles. The highest BCUT2D eigenvalue weighted by atomic mass is 32.2. The molecular weight excluding hydrogens is 360 g/mol. The molecule has 2 unspecified atom stereocenters. The van der Waals surface area contributed by atoms with Crippen LogP contribution in [0, 0.1) is 13.8 Å². The van der Waals surface area contributed by atoms with E-state index in [9.17, 15) is 9.00 Å². The van der Waals surface area contributed by atoms with Gasteiger partial charge in [0, 0.05) is 31.4 Å². The molecule has 0 spiro atoms. The van der Waals surface area contributed by atoms with Crippen molar-refractivity contribution in [3.8, 4) is 0 Å². The zero-order valence-corrected chi connectivity index (χ0v) is 16.8. The van der Waals surface area contributed by atoms with Gasteiger partial charge in [-0.1, -0.05) is 18.2 Å². The summed E-state index contributed by atoms with van der Waals surface area (Å²) in [5.74, 6) is -0.874. The highest BCUT2D eigenvalue weighted by Gasteiger charge is 2.28. The topological polar surface area (TPSA) is 60.9 Å². The van der Waals surface area contributed by atoms with Crippen LogP contribution in [-0.4, -0.2) is 45.3 Å². The van der Waals surface area contributed by atoms with Gasteiger partial charge in [0.25, 0.3) is 0 Å². The average Bonchev–Trinajstić information content (AvgIpc) is 2.62. The van der Waals surface area contributed by atoms with Gasteiger partial charge in [0.15, 0.2) is 0 Å². The van der Waals surface area contributed by atoms with Crippen LogP contribution in [0.25, 0.3) is 0 Å². The lowest BCUT2D eigenvalue weighted by Crippen LogP contribution is -2.52. The Morgan fingerprint density at radius 2 is 1.96 bits per heavy atom. The SMILES string of the molecule is Cc1cccc(N2CCN(S(=O)c3ccc(C)c(CC(=O)O)c3)CC2C)c1. The van der Waals surface area contributed by atoms with Crippen LogP contribution >= 0.6 is 0 Å². The van der Waals surface area contributed by atoms with Crippen molar-refractivity contribution in [2.75, 3.05) is 24.5 Å². The van der Waals surface area contributed by atoms with Gasteiger partial charge in [0.2, 0.25) is 0 Å². The first-order chi connectivity index (χ1) is 12.8. The number of hydrogen-bond donors (Lipinski definition) is 1. The fourth-order valence-electron chi connectivity index (χ4n) is 3.52. The maximum Gasteiger partial charge on any atom is 0.307 e. The zero-order valence-electron chi connectivity index (χ0n) is 16.0. The minimum atomic E-state index is -1.29. The van der Waals surface area contributed by atoms with Crippen molar-refractivity contribution in [3.63, 3.8) is 0 Å². The molecule has 0 aliphatic carbocycles. The van der Waals surface area contributed by atoms with Gasteiger partial charge in [-0.05, 0) is 61.7 Å². The molecule has 1 N–H and O–H groups in total. The number of carbonyl (C=O) groups is 1. The van der Waals surface area contributed by atoms with Gasteiger partial charge >= 0.3 is 5.97 Å².